The maximum Gasteiger partial charge on any atom is 0.270 e. The maximum absolute atomic E-state index is 12.4. The summed E-state index contributed by atoms with van der Waals surface area (Å²) in [5, 5.41) is 8.63. The van der Waals surface area contributed by atoms with E-state index in [1.165, 1.54) is 0 Å². The molecule has 0 N–H and O–H groups in total. The average Bonchev–Trinajstić information content (AvgIpc) is 2.35. The molecule has 1 aliphatic rings. The van der Waals surface area contributed by atoms with Gasteiger partial charge in [0.25, 0.3) is 5.91 Å². The number of amides is 1. The van der Waals surface area contributed by atoms with Crippen LogP contribution in [-0.2, 0) is 4.79 Å². The first-order chi connectivity index (χ1) is 8.95. The Morgan fingerprint density at radius 1 is 1.42 bits per heavy atom. The Balaban J connectivity index is 2.36. The zero-order valence-electron chi connectivity index (χ0n) is 11.6. The second-order valence-corrected chi connectivity index (χ2v) is 5.30. The fraction of sp³-hybridized carbons (Fsp3) is 0.467. The highest BCUT2D eigenvalue weighted by atomic mass is 16.5. The van der Waals surface area contributed by atoms with Gasteiger partial charge in [-0.1, -0.05) is 6.07 Å². The summed E-state index contributed by atoms with van der Waals surface area (Å²) in [5.74, 6) is 0.677. The lowest BCUT2D eigenvalue weighted by molar-refractivity contribution is -0.132. The molecule has 1 aromatic carbocycles. The van der Waals surface area contributed by atoms with Gasteiger partial charge >= 0.3 is 0 Å². The Bertz CT molecular complexity index is 544. The third-order valence-corrected chi connectivity index (χ3v) is 3.20. The monoisotopic (exact) mass is 258 g/mol. The maximum atomic E-state index is 12.4. The van der Waals surface area contributed by atoms with Gasteiger partial charge in [0.05, 0.1) is 11.8 Å². The Morgan fingerprint density at radius 2 is 2.16 bits per heavy atom. The third kappa shape index (κ3) is 2.55. The van der Waals surface area contributed by atoms with E-state index >= 15 is 0 Å². The first-order valence-corrected chi connectivity index (χ1v) is 6.44. The molecule has 1 heterocycles. The molecule has 0 saturated heterocycles. The molecule has 19 heavy (non-hydrogen) atoms. The van der Waals surface area contributed by atoms with E-state index < -0.39 is 5.60 Å². The summed E-state index contributed by atoms with van der Waals surface area (Å²) in [4.78, 5) is 14.2. The van der Waals surface area contributed by atoms with Crippen molar-refractivity contribution in [1.29, 1.82) is 5.26 Å². The third-order valence-electron chi connectivity index (χ3n) is 3.20. The molecule has 0 unspecified atom stereocenters. The predicted molar refractivity (Wildman–Crippen MR) is 73.1 cm³/mol. The van der Waals surface area contributed by atoms with E-state index in [1.807, 2.05) is 25.1 Å². The summed E-state index contributed by atoms with van der Waals surface area (Å²) in [5.41, 5.74) is 1.04. The minimum atomic E-state index is -0.852. The standard InChI is InChI=1S/C15H18N2O2/c1-11-6-7-13-12(10-11)17(9-5-4-8-16)14(18)15(2,3)19-13/h6-7,10H,4-5,9H2,1-3H3. The molecule has 2 rings (SSSR count). The van der Waals surface area contributed by atoms with E-state index in [0.717, 1.165) is 17.0 Å². The summed E-state index contributed by atoms with van der Waals surface area (Å²) in [7, 11) is 0. The molecule has 1 aromatic rings. The van der Waals surface area contributed by atoms with E-state index in [9.17, 15) is 4.79 Å². The highest BCUT2D eigenvalue weighted by molar-refractivity contribution is 6.02. The van der Waals surface area contributed by atoms with E-state index in [0.29, 0.717) is 19.4 Å². The lowest BCUT2D eigenvalue weighted by atomic mass is 10.0. The molecule has 1 aliphatic heterocycles. The Hall–Kier alpha value is -2.02. The molecule has 0 fully saturated rings. The van der Waals surface area contributed by atoms with Crippen LogP contribution in [0.15, 0.2) is 18.2 Å². The minimum Gasteiger partial charge on any atom is -0.476 e. The Kier molecular flexibility index (Phi) is 3.48. The van der Waals surface area contributed by atoms with Crippen molar-refractivity contribution in [3.05, 3.63) is 23.8 Å². The number of rotatable bonds is 3. The number of carbonyl (C=O) groups excluding carboxylic acids is 1. The highest BCUT2D eigenvalue weighted by Gasteiger charge is 2.40. The number of ether oxygens (including phenoxy) is 1. The molecule has 0 atom stereocenters. The highest BCUT2D eigenvalue weighted by Crippen LogP contribution is 2.38. The van der Waals surface area contributed by atoms with Gasteiger partial charge in [0.1, 0.15) is 5.75 Å². The summed E-state index contributed by atoms with van der Waals surface area (Å²) < 4.78 is 5.77. The van der Waals surface area contributed by atoms with Crippen molar-refractivity contribution in [2.75, 3.05) is 11.4 Å². The number of hydrogen-bond donors (Lipinski definition) is 0. The number of benzene rings is 1. The zero-order valence-corrected chi connectivity index (χ0v) is 11.6. The number of aryl methyl sites for hydroxylation is 1. The van der Waals surface area contributed by atoms with E-state index in [2.05, 4.69) is 6.07 Å². The van der Waals surface area contributed by atoms with Gasteiger partial charge in [-0.2, -0.15) is 5.26 Å². The van der Waals surface area contributed by atoms with Crippen molar-refractivity contribution in [3.8, 4) is 11.8 Å². The number of nitrogens with zero attached hydrogens (tertiary/aromatic N) is 2. The van der Waals surface area contributed by atoms with Gasteiger partial charge in [-0.3, -0.25) is 4.79 Å². The van der Waals surface area contributed by atoms with Gasteiger partial charge in [0.15, 0.2) is 5.60 Å². The van der Waals surface area contributed by atoms with E-state index in [4.69, 9.17) is 10.00 Å². The van der Waals surface area contributed by atoms with Crippen LogP contribution in [0.3, 0.4) is 0 Å². The van der Waals surface area contributed by atoms with E-state index in [1.54, 1.807) is 18.7 Å². The quantitative estimate of drug-likeness (QED) is 0.783. The fourth-order valence-corrected chi connectivity index (χ4v) is 2.22. The summed E-state index contributed by atoms with van der Waals surface area (Å²) in [6.07, 6.45) is 1.12. The zero-order chi connectivity index (χ0) is 14.0. The number of carbonyl (C=O) groups is 1. The smallest absolute Gasteiger partial charge is 0.270 e. The van der Waals surface area contributed by atoms with Crippen LogP contribution in [-0.4, -0.2) is 18.1 Å². The first-order valence-electron chi connectivity index (χ1n) is 6.44. The molecular weight excluding hydrogens is 240 g/mol. The van der Waals surface area contributed by atoms with Crippen LogP contribution in [0.5, 0.6) is 5.75 Å². The van der Waals surface area contributed by atoms with Gasteiger partial charge in [0.2, 0.25) is 0 Å². The van der Waals surface area contributed by atoms with Crippen LogP contribution < -0.4 is 9.64 Å². The predicted octanol–water partition coefficient (Wildman–Crippen LogP) is 2.80. The van der Waals surface area contributed by atoms with Crippen LogP contribution >= 0.6 is 0 Å². The van der Waals surface area contributed by atoms with Crippen molar-refractivity contribution in [3.63, 3.8) is 0 Å². The summed E-state index contributed by atoms with van der Waals surface area (Å²) in [6.45, 7) is 6.08. The molecule has 0 radical (unpaired) electrons. The van der Waals surface area contributed by atoms with Crippen molar-refractivity contribution in [2.24, 2.45) is 0 Å². The second-order valence-electron chi connectivity index (χ2n) is 5.30. The second kappa shape index (κ2) is 4.93. The molecule has 1 amide bonds. The van der Waals surface area contributed by atoms with Crippen LogP contribution in [0.25, 0.3) is 0 Å². The van der Waals surface area contributed by atoms with Crippen molar-refractivity contribution in [1.82, 2.24) is 0 Å². The first kappa shape index (κ1) is 13.4. The number of unbranched alkanes of at least 4 members (excludes halogenated alkanes) is 1. The summed E-state index contributed by atoms with van der Waals surface area (Å²) >= 11 is 0. The van der Waals surface area contributed by atoms with Gasteiger partial charge in [-0.25, -0.2) is 0 Å². The fourth-order valence-electron chi connectivity index (χ4n) is 2.22. The molecule has 0 spiro atoms. The molecule has 0 saturated carbocycles. The molecule has 0 aliphatic carbocycles. The van der Waals surface area contributed by atoms with Crippen molar-refractivity contribution in [2.45, 2.75) is 39.2 Å². The van der Waals surface area contributed by atoms with Gasteiger partial charge in [-0.15, -0.1) is 0 Å². The van der Waals surface area contributed by atoms with Crippen LogP contribution in [0.1, 0.15) is 32.3 Å². The number of anilines is 1. The largest absolute Gasteiger partial charge is 0.476 e. The van der Waals surface area contributed by atoms with Gasteiger partial charge in [0, 0.05) is 13.0 Å². The number of nitriles is 1. The minimum absolute atomic E-state index is 0.0523. The van der Waals surface area contributed by atoms with E-state index in [-0.39, 0.29) is 5.91 Å². The van der Waals surface area contributed by atoms with Gasteiger partial charge < -0.3 is 9.64 Å². The lowest BCUT2D eigenvalue weighted by Gasteiger charge is -2.39. The van der Waals surface area contributed by atoms with Crippen molar-refractivity contribution >= 4 is 11.6 Å². The molecule has 4 heteroatoms. The van der Waals surface area contributed by atoms with Gasteiger partial charge in [-0.05, 0) is 44.9 Å². The average molecular weight is 258 g/mol. The molecule has 0 bridgehead atoms. The SMILES string of the molecule is Cc1ccc2c(c1)N(CCCC#N)C(=O)C(C)(C)O2. The Morgan fingerprint density at radius 3 is 2.84 bits per heavy atom. The van der Waals surface area contributed by atoms with Crippen LogP contribution in [0.2, 0.25) is 0 Å². The molecule has 0 aromatic heterocycles. The molecular formula is C15H18N2O2. The topological polar surface area (TPSA) is 53.3 Å². The van der Waals surface area contributed by atoms with Crippen LogP contribution in [0.4, 0.5) is 5.69 Å². The normalized spacial score (nSPS) is 16.5. The lowest BCUT2D eigenvalue weighted by Crippen LogP contribution is -2.52. The molecule has 100 valence electrons. The van der Waals surface area contributed by atoms with Crippen LogP contribution in [0, 0.1) is 18.3 Å². The Labute approximate surface area is 113 Å². The summed E-state index contributed by atoms with van der Waals surface area (Å²) in [6, 6.07) is 7.93. The number of fused-ring (bicyclic) bond motifs is 1. The molecule has 4 nitrogen and oxygen atoms in total. The number of hydrogen-bond acceptors (Lipinski definition) is 3. The van der Waals surface area contributed by atoms with Crippen molar-refractivity contribution < 1.29 is 9.53 Å².